The molecule has 1 aromatic rings. The number of aliphatic hydroxyl groups excluding tert-OH is 2. The number of carbonyl (C=O) groups is 1. The van der Waals surface area contributed by atoms with E-state index in [0.29, 0.717) is 11.4 Å². The SMILES string of the molecule is Cc1cc(N)ncc1C(O)C(O)CCNC(=O)OC(C)(C)C. The molecule has 2 unspecified atom stereocenters. The van der Waals surface area contributed by atoms with Gasteiger partial charge in [-0.1, -0.05) is 0 Å². The second-order valence-corrected chi connectivity index (χ2v) is 6.20. The third-order valence-corrected chi connectivity index (χ3v) is 2.96. The summed E-state index contributed by atoms with van der Waals surface area (Å²) in [5.74, 6) is 0.356. The van der Waals surface area contributed by atoms with Crippen LogP contribution in [-0.4, -0.2) is 39.5 Å². The molecule has 1 rings (SSSR count). The monoisotopic (exact) mass is 311 g/mol. The summed E-state index contributed by atoms with van der Waals surface area (Å²) in [4.78, 5) is 15.4. The smallest absolute Gasteiger partial charge is 0.407 e. The fourth-order valence-electron chi connectivity index (χ4n) is 1.90. The molecule has 7 nitrogen and oxygen atoms in total. The number of alkyl carbamates (subject to hydrolysis) is 1. The molecule has 124 valence electrons. The molecule has 0 aliphatic rings. The quantitative estimate of drug-likeness (QED) is 0.650. The highest BCUT2D eigenvalue weighted by atomic mass is 16.6. The molecule has 0 saturated carbocycles. The number of aryl methyl sites for hydroxylation is 1. The van der Waals surface area contributed by atoms with Crippen molar-refractivity contribution in [3.05, 3.63) is 23.4 Å². The first-order valence-corrected chi connectivity index (χ1v) is 7.15. The molecule has 0 aliphatic carbocycles. The fraction of sp³-hybridized carbons (Fsp3) is 0.600. The molecule has 7 heteroatoms. The van der Waals surface area contributed by atoms with Gasteiger partial charge in [0.25, 0.3) is 0 Å². The number of nitrogen functional groups attached to an aromatic ring is 1. The van der Waals surface area contributed by atoms with E-state index in [1.54, 1.807) is 33.8 Å². The van der Waals surface area contributed by atoms with Crippen molar-refractivity contribution in [1.29, 1.82) is 0 Å². The fourth-order valence-corrected chi connectivity index (χ4v) is 1.90. The van der Waals surface area contributed by atoms with E-state index in [1.807, 2.05) is 0 Å². The van der Waals surface area contributed by atoms with Crippen molar-refractivity contribution in [2.24, 2.45) is 0 Å². The molecule has 2 atom stereocenters. The summed E-state index contributed by atoms with van der Waals surface area (Å²) in [5, 5.41) is 22.7. The highest BCUT2D eigenvalue weighted by molar-refractivity contribution is 5.67. The van der Waals surface area contributed by atoms with Gasteiger partial charge in [-0.2, -0.15) is 0 Å². The van der Waals surface area contributed by atoms with Gasteiger partial charge in [-0.15, -0.1) is 0 Å². The zero-order chi connectivity index (χ0) is 16.9. The second kappa shape index (κ2) is 7.42. The topological polar surface area (TPSA) is 118 Å². The molecule has 1 aromatic heterocycles. The van der Waals surface area contributed by atoms with Crippen molar-refractivity contribution in [3.8, 4) is 0 Å². The predicted octanol–water partition coefficient (Wildman–Crippen LogP) is 1.28. The number of hydrogen-bond acceptors (Lipinski definition) is 6. The van der Waals surface area contributed by atoms with Gasteiger partial charge in [-0.25, -0.2) is 9.78 Å². The lowest BCUT2D eigenvalue weighted by atomic mass is 10.00. The summed E-state index contributed by atoms with van der Waals surface area (Å²) in [7, 11) is 0. The number of aliphatic hydroxyl groups is 2. The number of nitrogens with zero attached hydrogens (tertiary/aromatic N) is 1. The Hall–Kier alpha value is -1.86. The minimum absolute atomic E-state index is 0.185. The Morgan fingerprint density at radius 3 is 2.64 bits per heavy atom. The van der Waals surface area contributed by atoms with Crippen molar-refractivity contribution >= 4 is 11.9 Å². The molecule has 0 saturated heterocycles. The number of ether oxygens (including phenoxy) is 1. The Bertz CT molecular complexity index is 514. The number of hydrogen-bond donors (Lipinski definition) is 4. The molecule has 0 fully saturated rings. The van der Waals surface area contributed by atoms with Crippen LogP contribution in [0.5, 0.6) is 0 Å². The van der Waals surface area contributed by atoms with Crippen molar-refractivity contribution in [2.75, 3.05) is 12.3 Å². The number of anilines is 1. The number of amides is 1. The van der Waals surface area contributed by atoms with Gasteiger partial charge >= 0.3 is 6.09 Å². The maximum atomic E-state index is 11.5. The zero-order valence-electron chi connectivity index (χ0n) is 13.5. The van der Waals surface area contributed by atoms with E-state index in [2.05, 4.69) is 10.3 Å². The average molecular weight is 311 g/mol. The van der Waals surface area contributed by atoms with E-state index in [9.17, 15) is 15.0 Å². The summed E-state index contributed by atoms with van der Waals surface area (Å²) >= 11 is 0. The normalized spacial score (nSPS) is 14.3. The van der Waals surface area contributed by atoms with E-state index < -0.39 is 23.9 Å². The Labute approximate surface area is 130 Å². The molecule has 0 radical (unpaired) electrons. The molecule has 5 N–H and O–H groups in total. The van der Waals surface area contributed by atoms with Crippen LogP contribution >= 0.6 is 0 Å². The van der Waals surface area contributed by atoms with Gasteiger partial charge in [0.15, 0.2) is 0 Å². The molecular formula is C15H25N3O4. The molecule has 1 amide bonds. The number of pyridine rings is 1. The minimum Gasteiger partial charge on any atom is -0.444 e. The predicted molar refractivity (Wildman–Crippen MR) is 83.2 cm³/mol. The molecule has 0 aliphatic heterocycles. The van der Waals surface area contributed by atoms with Gasteiger partial charge in [0, 0.05) is 18.3 Å². The van der Waals surface area contributed by atoms with Gasteiger partial charge in [0.2, 0.25) is 0 Å². The van der Waals surface area contributed by atoms with Crippen LogP contribution in [0.25, 0.3) is 0 Å². The Morgan fingerprint density at radius 2 is 2.09 bits per heavy atom. The van der Waals surface area contributed by atoms with Gasteiger partial charge in [-0.05, 0) is 45.7 Å². The largest absolute Gasteiger partial charge is 0.444 e. The Balaban J connectivity index is 2.48. The molecule has 22 heavy (non-hydrogen) atoms. The van der Waals surface area contributed by atoms with Crippen molar-refractivity contribution in [1.82, 2.24) is 10.3 Å². The van der Waals surface area contributed by atoms with Gasteiger partial charge in [0.1, 0.15) is 17.5 Å². The maximum Gasteiger partial charge on any atom is 0.407 e. The van der Waals surface area contributed by atoms with Gasteiger partial charge < -0.3 is 26.0 Å². The third-order valence-electron chi connectivity index (χ3n) is 2.96. The number of aromatic nitrogens is 1. The Kier molecular flexibility index (Phi) is 6.13. The number of nitrogens with two attached hydrogens (primary N) is 1. The minimum atomic E-state index is -1.09. The second-order valence-electron chi connectivity index (χ2n) is 6.20. The van der Waals surface area contributed by atoms with Crippen molar-refractivity contribution in [2.45, 2.75) is 51.9 Å². The summed E-state index contributed by atoms with van der Waals surface area (Å²) in [6.45, 7) is 7.27. The average Bonchev–Trinajstić information content (AvgIpc) is 2.35. The molecule has 1 heterocycles. The van der Waals surface area contributed by atoms with Crippen molar-refractivity contribution in [3.63, 3.8) is 0 Å². The van der Waals surface area contributed by atoms with Crippen LogP contribution in [0, 0.1) is 6.92 Å². The Morgan fingerprint density at radius 1 is 1.45 bits per heavy atom. The van der Waals surface area contributed by atoms with Crippen LogP contribution < -0.4 is 11.1 Å². The van der Waals surface area contributed by atoms with E-state index in [0.717, 1.165) is 5.56 Å². The number of nitrogens with one attached hydrogen (secondary N) is 1. The van der Waals surface area contributed by atoms with E-state index >= 15 is 0 Å². The van der Waals surface area contributed by atoms with Crippen molar-refractivity contribution < 1.29 is 19.7 Å². The molecule has 0 aromatic carbocycles. The van der Waals surface area contributed by atoms with Crippen LogP contribution in [0.1, 0.15) is 44.4 Å². The lowest BCUT2D eigenvalue weighted by Gasteiger charge is -2.22. The summed E-state index contributed by atoms with van der Waals surface area (Å²) in [6.07, 6.45) is -1.04. The van der Waals surface area contributed by atoms with Crippen LogP contribution in [0.15, 0.2) is 12.3 Å². The van der Waals surface area contributed by atoms with E-state index in [4.69, 9.17) is 10.5 Å². The first-order valence-electron chi connectivity index (χ1n) is 7.15. The van der Waals surface area contributed by atoms with E-state index in [-0.39, 0.29) is 13.0 Å². The maximum absolute atomic E-state index is 11.5. The molecule has 0 spiro atoms. The molecular weight excluding hydrogens is 286 g/mol. The van der Waals surface area contributed by atoms with Crippen LogP contribution in [0.4, 0.5) is 10.6 Å². The summed E-state index contributed by atoms with van der Waals surface area (Å²) in [6, 6.07) is 1.63. The summed E-state index contributed by atoms with van der Waals surface area (Å²) in [5.41, 5.74) is 6.24. The van der Waals surface area contributed by atoms with Crippen LogP contribution in [0.3, 0.4) is 0 Å². The summed E-state index contributed by atoms with van der Waals surface area (Å²) < 4.78 is 5.08. The third kappa shape index (κ3) is 5.87. The zero-order valence-corrected chi connectivity index (χ0v) is 13.5. The highest BCUT2D eigenvalue weighted by Gasteiger charge is 2.21. The lowest BCUT2D eigenvalue weighted by molar-refractivity contribution is 0.0118. The number of carbonyl (C=O) groups excluding carboxylic acids is 1. The first-order chi connectivity index (χ1) is 10.1. The van der Waals surface area contributed by atoms with Crippen LogP contribution in [0.2, 0.25) is 0 Å². The first kappa shape index (κ1) is 18.2. The van der Waals surface area contributed by atoms with E-state index in [1.165, 1.54) is 6.20 Å². The lowest BCUT2D eigenvalue weighted by Crippen LogP contribution is -2.34. The highest BCUT2D eigenvalue weighted by Crippen LogP contribution is 2.22. The standard InChI is InChI=1S/C15H25N3O4/c1-9-7-12(16)18-8-10(9)13(20)11(19)5-6-17-14(21)22-15(2,3)4/h7-8,11,13,19-20H,5-6H2,1-4H3,(H2,16,18)(H,17,21). The van der Waals surface area contributed by atoms with Crippen LogP contribution in [-0.2, 0) is 4.74 Å². The number of rotatable bonds is 5. The van der Waals surface area contributed by atoms with Gasteiger partial charge in [0.05, 0.1) is 6.10 Å². The molecule has 0 bridgehead atoms. The van der Waals surface area contributed by atoms with Gasteiger partial charge in [-0.3, -0.25) is 0 Å².